The van der Waals surface area contributed by atoms with E-state index in [0.717, 1.165) is 6.42 Å². The molecular formula is C11H14BrClO3S. The fraction of sp³-hybridized carbons (Fsp3) is 0.455. The molecule has 0 aliphatic carbocycles. The quantitative estimate of drug-likeness (QED) is 0.765. The monoisotopic (exact) mass is 340 g/mol. The maximum atomic E-state index is 11.4. The average Bonchev–Trinajstić information content (AvgIpc) is 2.25. The van der Waals surface area contributed by atoms with Gasteiger partial charge in [-0.1, -0.05) is 36.2 Å². The Morgan fingerprint density at radius 3 is 2.65 bits per heavy atom. The number of benzene rings is 1. The highest BCUT2D eigenvalue weighted by Gasteiger charge is 2.17. The minimum Gasteiger partial charge on any atom is -0.492 e. The summed E-state index contributed by atoms with van der Waals surface area (Å²) in [7, 11) is 1.56. The Balaban J connectivity index is 3.00. The van der Waals surface area contributed by atoms with Crippen LogP contribution in [0.4, 0.5) is 0 Å². The Kier molecular flexibility index (Phi) is 5.28. The van der Waals surface area contributed by atoms with E-state index in [1.807, 2.05) is 6.92 Å². The van der Waals surface area contributed by atoms with Gasteiger partial charge in [-0.3, -0.25) is 0 Å². The van der Waals surface area contributed by atoms with Crippen LogP contribution in [0.25, 0.3) is 0 Å². The van der Waals surface area contributed by atoms with Crippen molar-refractivity contribution in [2.75, 3.05) is 6.61 Å². The van der Waals surface area contributed by atoms with Gasteiger partial charge in [0.15, 0.2) is 0 Å². The number of ether oxygens (including phenoxy) is 1. The number of hydrogen-bond donors (Lipinski definition) is 0. The predicted octanol–water partition coefficient (Wildman–Crippen LogP) is 3.80. The molecule has 0 aliphatic heterocycles. The lowest BCUT2D eigenvalue weighted by Crippen LogP contribution is -2.09. The molecule has 0 amide bonds. The van der Waals surface area contributed by atoms with Gasteiger partial charge in [0.05, 0.1) is 6.61 Å². The van der Waals surface area contributed by atoms with Crippen LogP contribution in [-0.4, -0.2) is 15.0 Å². The smallest absolute Gasteiger partial charge is 0.265 e. The third kappa shape index (κ3) is 4.48. The van der Waals surface area contributed by atoms with E-state index in [4.69, 9.17) is 15.4 Å². The molecule has 0 heterocycles. The van der Waals surface area contributed by atoms with Crippen molar-refractivity contribution in [2.24, 2.45) is 5.92 Å². The average molecular weight is 342 g/mol. The third-order valence-electron chi connectivity index (χ3n) is 2.39. The molecule has 0 radical (unpaired) electrons. The Morgan fingerprint density at radius 2 is 2.12 bits per heavy atom. The Hall–Kier alpha value is -0.260. The summed E-state index contributed by atoms with van der Waals surface area (Å²) in [6, 6.07) is 4.76. The molecule has 0 fully saturated rings. The number of hydrogen-bond acceptors (Lipinski definition) is 3. The van der Waals surface area contributed by atoms with E-state index < -0.39 is 9.05 Å². The van der Waals surface area contributed by atoms with Gasteiger partial charge < -0.3 is 4.74 Å². The van der Waals surface area contributed by atoms with Gasteiger partial charge in [-0.25, -0.2) is 8.42 Å². The standard InChI is InChI=1S/C11H14BrClO3S/c1-3-8(2)7-16-10-5-4-9(12)6-11(10)17(13,14)15/h4-6,8H,3,7H2,1-2H3. The number of halogens is 2. The van der Waals surface area contributed by atoms with Crippen LogP contribution in [0.1, 0.15) is 20.3 Å². The summed E-state index contributed by atoms with van der Waals surface area (Å²) in [5, 5.41) is 0. The minimum absolute atomic E-state index is 0.00292. The van der Waals surface area contributed by atoms with Crippen molar-refractivity contribution in [1.82, 2.24) is 0 Å². The SMILES string of the molecule is CCC(C)COc1ccc(Br)cc1S(=O)(=O)Cl. The Bertz CT molecular complexity index is 487. The second-order valence-electron chi connectivity index (χ2n) is 3.85. The first-order chi connectivity index (χ1) is 7.84. The Morgan fingerprint density at radius 1 is 1.47 bits per heavy atom. The van der Waals surface area contributed by atoms with Gasteiger partial charge >= 0.3 is 0 Å². The zero-order valence-corrected chi connectivity index (χ0v) is 12.8. The predicted molar refractivity (Wildman–Crippen MR) is 72.1 cm³/mol. The van der Waals surface area contributed by atoms with E-state index in [0.29, 0.717) is 22.7 Å². The van der Waals surface area contributed by atoms with E-state index >= 15 is 0 Å². The summed E-state index contributed by atoms with van der Waals surface area (Å²) in [4.78, 5) is -0.00292. The van der Waals surface area contributed by atoms with Crippen molar-refractivity contribution >= 4 is 35.7 Å². The minimum atomic E-state index is -3.79. The van der Waals surface area contributed by atoms with E-state index in [9.17, 15) is 8.42 Å². The first kappa shape index (κ1) is 14.8. The van der Waals surface area contributed by atoms with Crippen LogP contribution < -0.4 is 4.74 Å². The lowest BCUT2D eigenvalue weighted by molar-refractivity contribution is 0.251. The van der Waals surface area contributed by atoms with Gasteiger partial charge in [0.25, 0.3) is 9.05 Å². The molecule has 0 saturated carbocycles. The zero-order chi connectivity index (χ0) is 13.1. The van der Waals surface area contributed by atoms with Gasteiger partial charge in [0.1, 0.15) is 10.6 Å². The topological polar surface area (TPSA) is 43.4 Å². The molecule has 0 saturated heterocycles. The van der Waals surface area contributed by atoms with Gasteiger partial charge in [-0.15, -0.1) is 0 Å². The molecule has 1 aromatic carbocycles. The fourth-order valence-corrected chi connectivity index (χ4v) is 2.65. The van der Waals surface area contributed by atoms with E-state index in [2.05, 4.69) is 22.9 Å². The van der Waals surface area contributed by atoms with Crippen LogP contribution >= 0.6 is 26.6 Å². The van der Waals surface area contributed by atoms with E-state index in [-0.39, 0.29) is 4.90 Å². The molecule has 0 bridgehead atoms. The first-order valence-corrected chi connectivity index (χ1v) is 8.31. The molecule has 17 heavy (non-hydrogen) atoms. The van der Waals surface area contributed by atoms with Crippen molar-refractivity contribution in [3.05, 3.63) is 22.7 Å². The molecule has 6 heteroatoms. The zero-order valence-electron chi connectivity index (χ0n) is 9.61. The van der Waals surface area contributed by atoms with Crippen molar-refractivity contribution in [2.45, 2.75) is 25.2 Å². The molecule has 0 aromatic heterocycles. The lowest BCUT2D eigenvalue weighted by Gasteiger charge is -2.13. The van der Waals surface area contributed by atoms with E-state index in [1.165, 1.54) is 6.07 Å². The molecule has 1 unspecified atom stereocenters. The summed E-state index contributed by atoms with van der Waals surface area (Å²) < 4.78 is 28.9. The highest BCUT2D eigenvalue weighted by atomic mass is 79.9. The lowest BCUT2D eigenvalue weighted by atomic mass is 10.1. The Labute approximate surface area is 115 Å². The van der Waals surface area contributed by atoms with Gasteiger partial charge in [0, 0.05) is 15.2 Å². The summed E-state index contributed by atoms with van der Waals surface area (Å²) in [5.41, 5.74) is 0. The summed E-state index contributed by atoms with van der Waals surface area (Å²) in [6.07, 6.45) is 0.972. The molecule has 96 valence electrons. The third-order valence-corrected chi connectivity index (χ3v) is 4.23. The maximum Gasteiger partial charge on any atom is 0.265 e. The van der Waals surface area contributed by atoms with Gasteiger partial charge in [-0.2, -0.15) is 0 Å². The highest BCUT2D eigenvalue weighted by molar-refractivity contribution is 9.10. The van der Waals surface area contributed by atoms with Gasteiger partial charge in [-0.05, 0) is 24.1 Å². The van der Waals surface area contributed by atoms with Crippen LogP contribution in [0.2, 0.25) is 0 Å². The van der Waals surface area contributed by atoms with Crippen LogP contribution in [-0.2, 0) is 9.05 Å². The summed E-state index contributed by atoms with van der Waals surface area (Å²) in [6.45, 7) is 4.56. The normalized spacial score (nSPS) is 13.4. The van der Waals surface area contributed by atoms with Crippen molar-refractivity contribution in [3.8, 4) is 5.75 Å². The molecule has 3 nitrogen and oxygen atoms in total. The molecule has 1 aromatic rings. The second kappa shape index (κ2) is 6.07. The molecular weight excluding hydrogens is 328 g/mol. The van der Waals surface area contributed by atoms with Crippen molar-refractivity contribution in [1.29, 1.82) is 0 Å². The second-order valence-corrected chi connectivity index (χ2v) is 7.30. The summed E-state index contributed by atoms with van der Waals surface area (Å²) in [5.74, 6) is 0.660. The first-order valence-electron chi connectivity index (χ1n) is 5.21. The van der Waals surface area contributed by atoms with Crippen LogP contribution in [0, 0.1) is 5.92 Å². The molecule has 1 atom stereocenters. The maximum absolute atomic E-state index is 11.4. The largest absolute Gasteiger partial charge is 0.492 e. The van der Waals surface area contributed by atoms with Crippen LogP contribution in [0.15, 0.2) is 27.6 Å². The molecule has 0 N–H and O–H groups in total. The van der Waals surface area contributed by atoms with Crippen LogP contribution in [0.5, 0.6) is 5.75 Å². The molecule has 0 aliphatic rings. The van der Waals surface area contributed by atoms with Crippen molar-refractivity contribution < 1.29 is 13.2 Å². The van der Waals surface area contributed by atoms with Crippen LogP contribution in [0.3, 0.4) is 0 Å². The van der Waals surface area contributed by atoms with E-state index in [1.54, 1.807) is 12.1 Å². The van der Waals surface area contributed by atoms with Gasteiger partial charge in [0.2, 0.25) is 0 Å². The number of rotatable bonds is 5. The fourth-order valence-electron chi connectivity index (χ4n) is 1.14. The summed E-state index contributed by atoms with van der Waals surface area (Å²) >= 11 is 3.20. The van der Waals surface area contributed by atoms with Crippen molar-refractivity contribution in [3.63, 3.8) is 0 Å². The molecule has 0 spiro atoms. The highest BCUT2D eigenvalue weighted by Crippen LogP contribution is 2.30. The molecule has 1 rings (SSSR count).